The van der Waals surface area contributed by atoms with Crippen molar-refractivity contribution >= 4 is 16.6 Å². The molecule has 2 aliphatic heterocycles. The van der Waals surface area contributed by atoms with Gasteiger partial charge in [0.2, 0.25) is 0 Å². The van der Waals surface area contributed by atoms with Crippen LogP contribution in [0, 0.1) is 17.2 Å². The third-order valence-electron chi connectivity index (χ3n) is 4.21. The molecule has 0 radical (unpaired) electrons. The van der Waals surface area contributed by atoms with Crippen molar-refractivity contribution in [2.75, 3.05) is 0 Å². The third kappa shape index (κ3) is 2.23. The van der Waals surface area contributed by atoms with E-state index < -0.39 is 10.8 Å². The highest BCUT2D eigenvalue weighted by Crippen LogP contribution is 2.39. The van der Waals surface area contributed by atoms with E-state index in [1.54, 1.807) is 24.3 Å². The molecule has 2 heterocycles. The summed E-state index contributed by atoms with van der Waals surface area (Å²) >= 11 is 0. The number of carbonyl (C=O) groups excluding carboxylic acids is 1. The lowest BCUT2D eigenvalue weighted by molar-refractivity contribution is 0.0906. The summed E-state index contributed by atoms with van der Waals surface area (Å²) in [6.45, 7) is 0. The van der Waals surface area contributed by atoms with E-state index in [2.05, 4.69) is 6.07 Å². The van der Waals surface area contributed by atoms with Crippen molar-refractivity contribution in [2.24, 2.45) is 5.92 Å². The van der Waals surface area contributed by atoms with Crippen LogP contribution in [0.1, 0.15) is 41.6 Å². The lowest BCUT2D eigenvalue weighted by Crippen LogP contribution is -2.32. The Kier molecular flexibility index (Phi) is 3.24. The molecule has 2 aliphatic rings. The molecule has 19 heavy (non-hydrogen) atoms. The first-order valence-corrected chi connectivity index (χ1v) is 7.90. The number of rotatable bonds is 2. The van der Waals surface area contributed by atoms with Gasteiger partial charge >= 0.3 is 0 Å². The monoisotopic (exact) mass is 273 g/mol. The van der Waals surface area contributed by atoms with Gasteiger partial charge in [0.15, 0.2) is 5.78 Å². The van der Waals surface area contributed by atoms with E-state index in [0.717, 1.165) is 25.7 Å². The number of Topliss-reactive ketones (excluding diaryl/α,β-unsaturated/α-hetero) is 1. The van der Waals surface area contributed by atoms with E-state index in [1.165, 1.54) is 0 Å². The number of ketones is 1. The summed E-state index contributed by atoms with van der Waals surface area (Å²) in [6, 6.07) is 8.95. The molecule has 0 spiro atoms. The van der Waals surface area contributed by atoms with E-state index in [4.69, 9.17) is 5.26 Å². The van der Waals surface area contributed by atoms with E-state index in [9.17, 15) is 9.00 Å². The zero-order valence-corrected chi connectivity index (χ0v) is 11.4. The number of hydrogen-bond donors (Lipinski definition) is 0. The van der Waals surface area contributed by atoms with Gasteiger partial charge in [-0.1, -0.05) is 12.1 Å². The quantitative estimate of drug-likeness (QED) is 0.778. The Hall–Kier alpha value is -1.47. The Morgan fingerprint density at radius 2 is 1.95 bits per heavy atom. The number of nitriles is 1. The molecule has 0 aromatic heterocycles. The predicted molar refractivity (Wildman–Crippen MR) is 73.2 cm³/mol. The van der Waals surface area contributed by atoms with Crippen molar-refractivity contribution in [3.63, 3.8) is 0 Å². The first-order chi connectivity index (χ1) is 9.19. The lowest BCUT2D eigenvalue weighted by atomic mass is 9.90. The van der Waals surface area contributed by atoms with Gasteiger partial charge in [-0.2, -0.15) is 5.26 Å². The molecule has 0 saturated carbocycles. The summed E-state index contributed by atoms with van der Waals surface area (Å²) in [7, 11) is -0.723. The fraction of sp³-hybridized carbons (Fsp3) is 0.467. The van der Waals surface area contributed by atoms with Crippen LogP contribution >= 0.6 is 0 Å². The highest BCUT2D eigenvalue weighted by atomic mass is 32.2. The molecule has 2 unspecified atom stereocenters. The molecule has 2 fully saturated rings. The second-order valence-corrected chi connectivity index (χ2v) is 7.37. The Morgan fingerprint density at radius 3 is 2.58 bits per heavy atom. The van der Waals surface area contributed by atoms with Crippen LogP contribution in [0.3, 0.4) is 0 Å². The highest BCUT2D eigenvalue weighted by molar-refractivity contribution is 7.86. The fourth-order valence-electron chi connectivity index (χ4n) is 3.22. The van der Waals surface area contributed by atoms with E-state index in [1.807, 2.05) is 0 Å². The topological polar surface area (TPSA) is 57.9 Å². The van der Waals surface area contributed by atoms with Crippen molar-refractivity contribution in [3.8, 4) is 6.07 Å². The number of nitrogens with zero attached hydrogens (tertiary/aromatic N) is 1. The maximum atomic E-state index is 12.5. The summed E-state index contributed by atoms with van der Waals surface area (Å²) < 4.78 is 11.9. The van der Waals surface area contributed by atoms with Gasteiger partial charge in [-0.25, -0.2) is 0 Å². The van der Waals surface area contributed by atoms with Crippen LogP contribution in [0.5, 0.6) is 0 Å². The second-order valence-electron chi connectivity index (χ2n) is 5.38. The summed E-state index contributed by atoms with van der Waals surface area (Å²) in [5.74, 6) is 0.106. The van der Waals surface area contributed by atoms with Crippen LogP contribution in [-0.4, -0.2) is 20.5 Å². The summed E-state index contributed by atoms with van der Waals surface area (Å²) in [5, 5.41) is 9.31. The molecule has 2 saturated heterocycles. The molecule has 1 aromatic carbocycles. The van der Waals surface area contributed by atoms with E-state index in [-0.39, 0.29) is 22.2 Å². The van der Waals surface area contributed by atoms with Gasteiger partial charge in [-0.3, -0.25) is 9.00 Å². The smallest absolute Gasteiger partial charge is 0.166 e. The average Bonchev–Trinajstić information content (AvgIpc) is 2.68. The molecule has 3 rings (SSSR count). The third-order valence-corrected chi connectivity index (χ3v) is 6.38. The number of benzene rings is 1. The molecule has 4 heteroatoms. The maximum Gasteiger partial charge on any atom is 0.166 e. The largest absolute Gasteiger partial charge is 0.294 e. The van der Waals surface area contributed by atoms with Gasteiger partial charge in [-0.05, 0) is 37.8 Å². The standard InChI is InChI=1S/C15H15NO2S/c16-9-10-2-1-3-11(6-10)15(17)12-7-13-4-5-14(8-12)19(13)18/h1-3,6,12-14H,4-5,7-8H2. The van der Waals surface area contributed by atoms with Crippen molar-refractivity contribution in [3.05, 3.63) is 35.4 Å². The predicted octanol–water partition coefficient (Wildman–Crippen LogP) is 2.43. The zero-order valence-electron chi connectivity index (χ0n) is 10.5. The molecule has 0 N–H and O–H groups in total. The zero-order chi connectivity index (χ0) is 13.4. The molecular formula is C15H15NO2S. The van der Waals surface area contributed by atoms with Crippen LogP contribution in [0.2, 0.25) is 0 Å². The highest BCUT2D eigenvalue weighted by Gasteiger charge is 2.42. The van der Waals surface area contributed by atoms with Gasteiger partial charge < -0.3 is 0 Å². The minimum Gasteiger partial charge on any atom is -0.294 e. The summed E-state index contributed by atoms with van der Waals surface area (Å²) in [5.41, 5.74) is 1.14. The number of fused-ring (bicyclic) bond motifs is 2. The molecule has 98 valence electrons. The Bertz CT molecular complexity index is 574. The van der Waals surface area contributed by atoms with E-state index in [0.29, 0.717) is 11.1 Å². The van der Waals surface area contributed by atoms with E-state index >= 15 is 0 Å². The minimum atomic E-state index is -0.723. The Balaban J connectivity index is 1.81. The second kappa shape index (κ2) is 4.90. The van der Waals surface area contributed by atoms with Gasteiger partial charge in [0.1, 0.15) is 0 Å². The van der Waals surface area contributed by atoms with Crippen molar-refractivity contribution in [1.82, 2.24) is 0 Å². The molecule has 3 nitrogen and oxygen atoms in total. The molecule has 0 aliphatic carbocycles. The van der Waals surface area contributed by atoms with Crippen LogP contribution in [0.25, 0.3) is 0 Å². The van der Waals surface area contributed by atoms with Crippen LogP contribution in [-0.2, 0) is 10.8 Å². The van der Waals surface area contributed by atoms with Gasteiger partial charge in [-0.15, -0.1) is 0 Å². The molecule has 0 amide bonds. The lowest BCUT2D eigenvalue weighted by Gasteiger charge is -2.26. The first-order valence-electron chi connectivity index (χ1n) is 6.63. The van der Waals surface area contributed by atoms with Gasteiger partial charge in [0, 0.05) is 32.8 Å². The fourth-order valence-corrected chi connectivity index (χ4v) is 5.35. The SMILES string of the molecule is N#Cc1cccc(C(=O)C2CC3CCC(C2)S3=O)c1. The van der Waals surface area contributed by atoms with Crippen molar-refractivity contribution < 1.29 is 9.00 Å². The normalized spacial score (nSPS) is 32.8. The van der Waals surface area contributed by atoms with Crippen LogP contribution < -0.4 is 0 Å². The summed E-state index contributed by atoms with van der Waals surface area (Å²) in [6.07, 6.45) is 3.50. The molecule has 2 bridgehead atoms. The average molecular weight is 273 g/mol. The number of hydrogen-bond acceptors (Lipinski definition) is 3. The Labute approximate surface area is 115 Å². The first kappa shape index (κ1) is 12.6. The molecular weight excluding hydrogens is 258 g/mol. The molecule has 2 atom stereocenters. The minimum absolute atomic E-state index is 0.0101. The Morgan fingerprint density at radius 1 is 1.26 bits per heavy atom. The van der Waals surface area contributed by atoms with Gasteiger partial charge in [0.05, 0.1) is 11.6 Å². The van der Waals surface area contributed by atoms with Crippen molar-refractivity contribution in [2.45, 2.75) is 36.2 Å². The number of carbonyl (C=O) groups is 1. The van der Waals surface area contributed by atoms with Crippen LogP contribution in [0.15, 0.2) is 24.3 Å². The van der Waals surface area contributed by atoms with Gasteiger partial charge in [0.25, 0.3) is 0 Å². The van der Waals surface area contributed by atoms with Crippen molar-refractivity contribution in [1.29, 1.82) is 5.26 Å². The maximum absolute atomic E-state index is 12.5. The summed E-state index contributed by atoms with van der Waals surface area (Å²) in [4.78, 5) is 12.5. The molecule has 1 aromatic rings. The van der Waals surface area contributed by atoms with Crippen LogP contribution in [0.4, 0.5) is 0 Å².